The lowest BCUT2D eigenvalue weighted by Gasteiger charge is -2.41. The van der Waals surface area contributed by atoms with E-state index >= 15 is 0 Å². The number of fused-ring (bicyclic) bond motifs is 1. The molecule has 5 unspecified atom stereocenters. The highest BCUT2D eigenvalue weighted by atomic mass is 32.2. The Morgan fingerprint density at radius 2 is 1.53 bits per heavy atom. The lowest BCUT2D eigenvalue weighted by molar-refractivity contribution is -0.145. The summed E-state index contributed by atoms with van der Waals surface area (Å²) in [4.78, 5) is 69.7. The number of nitrogens with one attached hydrogen (secondary N) is 4. The topological polar surface area (TPSA) is 171 Å². The molecule has 3 aliphatic carbocycles. The molecule has 3 saturated carbocycles. The number of piperidine rings is 1. The smallest absolute Gasteiger partial charge is 0.315 e. The zero-order chi connectivity index (χ0) is 36.7. The summed E-state index contributed by atoms with van der Waals surface area (Å²) in [7, 11) is -3.56. The number of carbonyl (C=O) groups is 5. The fourth-order valence-corrected chi connectivity index (χ4v) is 9.25. The third-order valence-electron chi connectivity index (χ3n) is 11.4. The highest BCUT2D eigenvalue weighted by Gasteiger charge is 2.70. The van der Waals surface area contributed by atoms with Crippen molar-refractivity contribution in [2.24, 2.45) is 22.7 Å². The quantitative estimate of drug-likeness (QED) is 0.212. The summed E-state index contributed by atoms with van der Waals surface area (Å²) in [5.41, 5.74) is -1.90. The number of hydrogen-bond acceptors (Lipinski definition) is 7. The van der Waals surface area contributed by atoms with E-state index in [4.69, 9.17) is 0 Å². The van der Waals surface area contributed by atoms with Crippen LogP contribution in [0.4, 0.5) is 4.79 Å². The lowest BCUT2D eigenvalue weighted by atomic mass is 9.83. The largest absolute Gasteiger partial charge is 0.347 e. The van der Waals surface area contributed by atoms with Gasteiger partial charge in [0.05, 0.1) is 22.1 Å². The van der Waals surface area contributed by atoms with Gasteiger partial charge in [0.15, 0.2) is 9.84 Å². The molecule has 0 aromatic rings. The minimum atomic E-state index is -3.56. The molecule has 0 aromatic heterocycles. The van der Waals surface area contributed by atoms with Gasteiger partial charge in [-0.1, -0.05) is 73.6 Å². The van der Waals surface area contributed by atoms with Gasteiger partial charge in [-0.3, -0.25) is 19.2 Å². The maximum absolute atomic E-state index is 14.5. The number of sulfone groups is 1. The number of ketones is 1. The minimum absolute atomic E-state index is 0.00450. The molecule has 4 aliphatic rings. The van der Waals surface area contributed by atoms with Crippen molar-refractivity contribution >= 4 is 39.4 Å². The number of hydrogen-bond donors (Lipinski definition) is 4. The lowest BCUT2D eigenvalue weighted by Crippen LogP contribution is -2.64. The number of likely N-dealkylation sites (tertiary alicyclic amines) is 1. The number of nitrogens with zero attached hydrogens (tertiary/aromatic N) is 1. The maximum Gasteiger partial charge on any atom is 0.315 e. The molecule has 0 aromatic carbocycles. The van der Waals surface area contributed by atoms with Gasteiger partial charge in [-0.2, -0.15) is 0 Å². The molecule has 0 radical (unpaired) electrons. The second kappa shape index (κ2) is 14.1. The van der Waals surface area contributed by atoms with Crippen LogP contribution >= 0.6 is 0 Å². The molecule has 1 heterocycles. The van der Waals surface area contributed by atoms with Crippen LogP contribution in [0.3, 0.4) is 0 Å². The van der Waals surface area contributed by atoms with Crippen molar-refractivity contribution in [3.8, 4) is 0 Å². The van der Waals surface area contributed by atoms with Gasteiger partial charge in [0.2, 0.25) is 17.6 Å². The molecular weight excluding hydrogens is 646 g/mol. The highest BCUT2D eigenvalue weighted by molar-refractivity contribution is 7.92. The second-order valence-corrected chi connectivity index (χ2v) is 20.6. The molecule has 1 saturated heterocycles. The van der Waals surface area contributed by atoms with Crippen LogP contribution < -0.4 is 21.3 Å². The van der Waals surface area contributed by atoms with Crippen LogP contribution in [0.25, 0.3) is 0 Å². The van der Waals surface area contributed by atoms with Gasteiger partial charge in [-0.25, -0.2) is 13.2 Å². The first kappa shape index (κ1) is 39.1. The van der Waals surface area contributed by atoms with E-state index in [2.05, 4.69) is 35.1 Å². The van der Waals surface area contributed by atoms with Gasteiger partial charge in [-0.05, 0) is 75.5 Å². The summed E-state index contributed by atoms with van der Waals surface area (Å²) in [6, 6.07) is -3.50. The van der Waals surface area contributed by atoms with Gasteiger partial charge >= 0.3 is 6.03 Å². The Bertz CT molecular complexity index is 1400. The Morgan fingerprint density at radius 3 is 2.06 bits per heavy atom. The highest BCUT2D eigenvalue weighted by Crippen LogP contribution is 2.65. The predicted octanol–water partition coefficient (Wildman–Crippen LogP) is 3.62. The Hall–Kier alpha value is -2.70. The first-order valence-corrected chi connectivity index (χ1v) is 20.0. The van der Waals surface area contributed by atoms with Crippen molar-refractivity contribution < 1.29 is 32.4 Å². The van der Waals surface area contributed by atoms with Gasteiger partial charge in [0.25, 0.3) is 5.91 Å². The van der Waals surface area contributed by atoms with Crippen molar-refractivity contribution in [1.29, 1.82) is 0 Å². The summed E-state index contributed by atoms with van der Waals surface area (Å²) in [5, 5.41) is 11.5. The molecule has 4 fully saturated rings. The second-order valence-electron chi connectivity index (χ2n) is 17.8. The molecule has 1 aliphatic heterocycles. The first-order valence-electron chi connectivity index (χ1n) is 18.3. The molecule has 4 N–H and O–H groups in total. The molecule has 12 nitrogen and oxygen atoms in total. The van der Waals surface area contributed by atoms with Crippen molar-refractivity contribution in [2.45, 2.75) is 161 Å². The van der Waals surface area contributed by atoms with Crippen LogP contribution in [-0.2, 0) is 29.0 Å². The molecule has 5 atom stereocenters. The van der Waals surface area contributed by atoms with Crippen LogP contribution in [0.5, 0.6) is 0 Å². The van der Waals surface area contributed by atoms with E-state index in [1.165, 1.54) is 4.90 Å². The fourth-order valence-electron chi connectivity index (χ4n) is 7.73. The van der Waals surface area contributed by atoms with Gasteiger partial charge in [0.1, 0.15) is 12.1 Å². The minimum Gasteiger partial charge on any atom is -0.347 e. The number of Topliss-reactive ketones (excluding diaryl/α,β-unsaturated/α-hetero) is 1. The average molecular weight is 708 g/mol. The van der Waals surface area contributed by atoms with Crippen molar-refractivity contribution in [1.82, 2.24) is 26.2 Å². The van der Waals surface area contributed by atoms with E-state index in [1.807, 2.05) is 27.7 Å². The summed E-state index contributed by atoms with van der Waals surface area (Å²) in [5.74, 6) is -2.50. The Morgan fingerprint density at radius 1 is 0.918 bits per heavy atom. The van der Waals surface area contributed by atoms with Crippen LogP contribution in [0, 0.1) is 22.7 Å². The monoisotopic (exact) mass is 707 g/mol. The SMILES string of the molecule is CCCCC(NC(=O)C1C2C(CN1C(=O)C(NC(=O)NC1(CS(=O)(=O)C(C)(C)C)CCCCC1)C(C)(C)C)C2(C)C)C(=O)C(=O)NC1CC1. The third kappa shape index (κ3) is 8.79. The molecule has 49 heavy (non-hydrogen) atoms. The average Bonchev–Trinajstić information content (AvgIpc) is 3.83. The van der Waals surface area contributed by atoms with Crippen molar-refractivity contribution in [3.63, 3.8) is 0 Å². The third-order valence-corrected chi connectivity index (χ3v) is 14.2. The number of unbranched alkanes of at least 4 members (excludes halogenated alkanes) is 1. The van der Waals surface area contributed by atoms with Crippen LogP contribution in [0.2, 0.25) is 0 Å². The van der Waals surface area contributed by atoms with E-state index < -0.39 is 73.2 Å². The maximum atomic E-state index is 14.5. The molecule has 13 heteroatoms. The summed E-state index contributed by atoms with van der Waals surface area (Å²) in [6.45, 7) is 16.9. The number of rotatable bonds is 13. The normalized spacial score (nSPS) is 25.7. The van der Waals surface area contributed by atoms with Gasteiger partial charge < -0.3 is 26.2 Å². The fraction of sp³-hybridized carbons (Fsp3) is 0.861. The van der Waals surface area contributed by atoms with Crippen LogP contribution in [0.1, 0.15) is 127 Å². The Balaban J connectivity index is 1.54. The van der Waals surface area contributed by atoms with Crippen molar-refractivity contribution in [2.75, 3.05) is 12.3 Å². The van der Waals surface area contributed by atoms with E-state index in [9.17, 15) is 32.4 Å². The summed E-state index contributed by atoms with van der Waals surface area (Å²) < 4.78 is 25.6. The summed E-state index contributed by atoms with van der Waals surface area (Å²) >= 11 is 0. The van der Waals surface area contributed by atoms with E-state index in [1.54, 1.807) is 20.8 Å². The van der Waals surface area contributed by atoms with E-state index in [0.29, 0.717) is 32.2 Å². The van der Waals surface area contributed by atoms with Gasteiger partial charge in [0, 0.05) is 12.6 Å². The molecule has 0 spiro atoms. The van der Waals surface area contributed by atoms with Crippen LogP contribution in [0.15, 0.2) is 0 Å². The number of carbonyl (C=O) groups excluding carboxylic acids is 5. The Labute approximate surface area is 293 Å². The van der Waals surface area contributed by atoms with E-state index in [-0.39, 0.29) is 29.0 Å². The summed E-state index contributed by atoms with van der Waals surface area (Å²) in [6.07, 6.45) is 6.97. The predicted molar refractivity (Wildman–Crippen MR) is 188 cm³/mol. The number of amides is 5. The van der Waals surface area contributed by atoms with Crippen molar-refractivity contribution in [3.05, 3.63) is 0 Å². The Kier molecular flexibility index (Phi) is 11.3. The number of urea groups is 1. The zero-order valence-corrected chi connectivity index (χ0v) is 32.0. The molecule has 0 bridgehead atoms. The molecular formula is C36H61N5O7S. The van der Waals surface area contributed by atoms with Gasteiger partial charge in [-0.15, -0.1) is 0 Å². The first-order chi connectivity index (χ1) is 22.5. The zero-order valence-electron chi connectivity index (χ0n) is 31.2. The molecule has 5 amide bonds. The standard InChI is InChI=1S/C36H61N5O7S/c1-10-11-15-24(27(42)30(44)37-22-16-17-22)38-29(43)26-25-23(35(25,8)9)20-41(26)31(45)28(33(2,3)4)39-32(46)40-36(18-13-12-14-19-36)21-49(47,48)34(5,6)7/h22-26,28H,10-21H2,1-9H3,(H,37,44)(H,38,43)(H2,39,40,46). The molecule has 4 rings (SSSR count). The van der Waals surface area contributed by atoms with E-state index in [0.717, 1.165) is 38.5 Å². The van der Waals surface area contributed by atoms with Crippen LogP contribution in [-0.4, -0.2) is 89.6 Å². The molecule has 278 valence electrons.